The molecule has 5 nitrogen and oxygen atoms in total. The van der Waals surface area contributed by atoms with Gasteiger partial charge in [-0.25, -0.2) is 0 Å². The van der Waals surface area contributed by atoms with Gasteiger partial charge in [-0.05, 0) is 48.1 Å². The smallest absolute Gasteiger partial charge is 0.234 e. The first-order valence-corrected chi connectivity index (χ1v) is 9.31. The molecule has 2 aromatic rings. The average Bonchev–Trinajstić information content (AvgIpc) is 2.90. The van der Waals surface area contributed by atoms with E-state index in [0.29, 0.717) is 5.75 Å². The Balaban J connectivity index is 1.95. The van der Waals surface area contributed by atoms with Crippen LogP contribution in [0.5, 0.6) is 0 Å². The Morgan fingerprint density at radius 1 is 1.32 bits per heavy atom. The largest absolute Gasteiger partial charge is 0.324 e. The predicted molar refractivity (Wildman–Crippen MR) is 98.2 cm³/mol. The Morgan fingerprint density at radius 3 is 2.77 bits per heavy atom. The number of carbonyl (C=O) groups excluding carboxylic acids is 1. The fourth-order valence-corrected chi connectivity index (χ4v) is 3.37. The Hall–Kier alpha value is -1.09. The number of anilines is 1. The van der Waals surface area contributed by atoms with Crippen LogP contribution in [0, 0.1) is 3.57 Å². The van der Waals surface area contributed by atoms with Crippen LogP contribution in [0.3, 0.4) is 0 Å². The topological polar surface area (TPSA) is 59.8 Å². The van der Waals surface area contributed by atoms with Crippen molar-refractivity contribution in [3.8, 4) is 0 Å². The summed E-state index contributed by atoms with van der Waals surface area (Å²) in [5, 5.41) is 12.1. The highest BCUT2D eigenvalue weighted by Crippen LogP contribution is 2.20. The molecule has 0 aliphatic rings. The summed E-state index contributed by atoms with van der Waals surface area (Å²) >= 11 is 3.64. The van der Waals surface area contributed by atoms with Gasteiger partial charge in [0, 0.05) is 16.5 Å². The highest BCUT2D eigenvalue weighted by atomic mass is 127. The van der Waals surface area contributed by atoms with Crippen LogP contribution in [0.4, 0.5) is 5.69 Å². The lowest BCUT2D eigenvalue weighted by Gasteiger charge is -2.08. The van der Waals surface area contributed by atoms with Gasteiger partial charge in [-0.3, -0.25) is 4.79 Å². The number of rotatable bonds is 7. The standard InChI is InChI=1S/C15H19IN4OS/c1-3-7-13-18-19-15(20(13)4-2)22-10-14(21)17-12-9-6-5-8-11(12)16/h5-6,8-9H,3-4,7,10H2,1-2H3,(H,17,21). The number of carbonyl (C=O) groups is 1. The Bertz CT molecular complexity index is 644. The van der Waals surface area contributed by atoms with Crippen molar-refractivity contribution in [3.05, 3.63) is 33.7 Å². The van der Waals surface area contributed by atoms with Gasteiger partial charge in [0.05, 0.1) is 11.4 Å². The number of para-hydroxylation sites is 1. The highest BCUT2D eigenvalue weighted by Gasteiger charge is 2.13. The first-order chi connectivity index (χ1) is 10.7. The molecule has 22 heavy (non-hydrogen) atoms. The van der Waals surface area contributed by atoms with Crippen LogP contribution in [-0.4, -0.2) is 26.4 Å². The second-order valence-electron chi connectivity index (χ2n) is 4.71. The van der Waals surface area contributed by atoms with E-state index in [-0.39, 0.29) is 5.91 Å². The number of halogens is 1. The summed E-state index contributed by atoms with van der Waals surface area (Å²) in [5.74, 6) is 1.29. The third-order valence-corrected chi connectivity index (χ3v) is 4.97. The van der Waals surface area contributed by atoms with E-state index in [4.69, 9.17) is 0 Å². The van der Waals surface area contributed by atoms with Gasteiger partial charge in [0.1, 0.15) is 5.82 Å². The first-order valence-electron chi connectivity index (χ1n) is 7.25. The number of aryl methyl sites for hydroxylation is 1. The Labute approximate surface area is 148 Å². The zero-order valence-corrected chi connectivity index (χ0v) is 15.6. The number of nitrogens with one attached hydrogen (secondary N) is 1. The third-order valence-electron chi connectivity index (χ3n) is 3.06. The Morgan fingerprint density at radius 2 is 2.09 bits per heavy atom. The molecule has 0 saturated carbocycles. The van der Waals surface area contributed by atoms with Crippen molar-refractivity contribution in [2.75, 3.05) is 11.1 Å². The minimum absolute atomic E-state index is 0.0307. The molecule has 0 bridgehead atoms. The number of aromatic nitrogens is 3. The molecule has 2 rings (SSSR count). The van der Waals surface area contributed by atoms with Gasteiger partial charge in [0.25, 0.3) is 0 Å². The lowest BCUT2D eigenvalue weighted by Crippen LogP contribution is -2.15. The summed E-state index contributed by atoms with van der Waals surface area (Å²) in [5.41, 5.74) is 0.845. The molecular formula is C15H19IN4OS. The number of nitrogens with zero attached hydrogens (tertiary/aromatic N) is 3. The van der Waals surface area contributed by atoms with Crippen molar-refractivity contribution < 1.29 is 4.79 Å². The van der Waals surface area contributed by atoms with E-state index in [0.717, 1.165) is 39.6 Å². The number of hydrogen-bond acceptors (Lipinski definition) is 4. The number of thioether (sulfide) groups is 1. The third kappa shape index (κ3) is 4.45. The van der Waals surface area contributed by atoms with Gasteiger partial charge >= 0.3 is 0 Å². The molecule has 0 aliphatic carbocycles. The number of benzene rings is 1. The minimum atomic E-state index is -0.0307. The van der Waals surface area contributed by atoms with Crippen molar-refractivity contribution in [2.24, 2.45) is 0 Å². The van der Waals surface area contributed by atoms with Crippen LogP contribution < -0.4 is 5.32 Å². The number of hydrogen-bond donors (Lipinski definition) is 1. The van der Waals surface area contributed by atoms with Crippen LogP contribution in [0.25, 0.3) is 0 Å². The zero-order valence-electron chi connectivity index (χ0n) is 12.7. The fraction of sp³-hybridized carbons (Fsp3) is 0.400. The van der Waals surface area contributed by atoms with Crippen molar-refractivity contribution >= 4 is 45.9 Å². The lowest BCUT2D eigenvalue weighted by atomic mass is 10.3. The molecule has 1 heterocycles. The van der Waals surface area contributed by atoms with E-state index in [1.807, 2.05) is 24.3 Å². The summed E-state index contributed by atoms with van der Waals surface area (Å²) in [4.78, 5) is 12.1. The van der Waals surface area contributed by atoms with Crippen LogP contribution in [0.1, 0.15) is 26.1 Å². The van der Waals surface area contributed by atoms with E-state index < -0.39 is 0 Å². The van der Waals surface area contributed by atoms with Gasteiger partial charge in [0.2, 0.25) is 5.91 Å². The van der Waals surface area contributed by atoms with Gasteiger partial charge in [-0.15, -0.1) is 10.2 Å². The molecule has 118 valence electrons. The van der Waals surface area contributed by atoms with Crippen LogP contribution in [0.15, 0.2) is 29.4 Å². The van der Waals surface area contributed by atoms with Crippen LogP contribution in [-0.2, 0) is 17.8 Å². The predicted octanol–water partition coefficient (Wildman–Crippen LogP) is 3.59. The van der Waals surface area contributed by atoms with Gasteiger partial charge < -0.3 is 9.88 Å². The van der Waals surface area contributed by atoms with E-state index >= 15 is 0 Å². The maximum absolute atomic E-state index is 12.1. The first kappa shape index (κ1) is 17.3. The molecule has 7 heteroatoms. The van der Waals surface area contributed by atoms with Crippen molar-refractivity contribution in [3.63, 3.8) is 0 Å². The monoisotopic (exact) mass is 430 g/mol. The molecule has 0 unspecified atom stereocenters. The second-order valence-corrected chi connectivity index (χ2v) is 6.81. The molecule has 0 atom stereocenters. The van der Waals surface area contributed by atoms with Crippen LogP contribution >= 0.6 is 34.4 Å². The van der Waals surface area contributed by atoms with E-state index in [1.54, 1.807) is 0 Å². The van der Waals surface area contributed by atoms with Crippen LogP contribution in [0.2, 0.25) is 0 Å². The molecule has 0 fully saturated rings. The summed E-state index contributed by atoms with van der Waals surface area (Å²) in [6.45, 7) is 5.01. The maximum atomic E-state index is 12.1. The van der Waals surface area contributed by atoms with Crippen molar-refractivity contribution in [1.29, 1.82) is 0 Å². The molecule has 0 aliphatic heterocycles. The van der Waals surface area contributed by atoms with E-state index in [2.05, 4.69) is 56.5 Å². The summed E-state index contributed by atoms with van der Waals surface area (Å²) < 4.78 is 3.11. The van der Waals surface area contributed by atoms with Gasteiger partial charge in [-0.2, -0.15) is 0 Å². The van der Waals surface area contributed by atoms with Crippen molar-refractivity contribution in [2.45, 2.75) is 38.4 Å². The van der Waals surface area contributed by atoms with Gasteiger partial charge in [0.15, 0.2) is 5.16 Å². The lowest BCUT2D eigenvalue weighted by molar-refractivity contribution is -0.113. The molecule has 1 N–H and O–H groups in total. The second kappa shape index (κ2) is 8.52. The van der Waals surface area contributed by atoms with E-state index in [1.165, 1.54) is 11.8 Å². The quantitative estimate of drug-likeness (QED) is 0.539. The normalized spacial score (nSPS) is 10.7. The summed E-state index contributed by atoms with van der Waals surface area (Å²) in [7, 11) is 0. The Kier molecular flexibility index (Phi) is 6.69. The van der Waals surface area contributed by atoms with E-state index in [9.17, 15) is 4.79 Å². The number of amides is 1. The average molecular weight is 430 g/mol. The van der Waals surface area contributed by atoms with Crippen molar-refractivity contribution in [1.82, 2.24) is 14.8 Å². The fourth-order valence-electron chi connectivity index (χ4n) is 2.03. The molecule has 1 amide bonds. The molecule has 1 aromatic carbocycles. The molecule has 0 radical (unpaired) electrons. The summed E-state index contributed by atoms with van der Waals surface area (Å²) in [6.07, 6.45) is 1.95. The molecular weight excluding hydrogens is 411 g/mol. The van der Waals surface area contributed by atoms with Gasteiger partial charge in [-0.1, -0.05) is 30.8 Å². The molecule has 1 aromatic heterocycles. The minimum Gasteiger partial charge on any atom is -0.324 e. The highest BCUT2D eigenvalue weighted by molar-refractivity contribution is 14.1. The summed E-state index contributed by atoms with van der Waals surface area (Å²) in [6, 6.07) is 7.73. The molecule has 0 saturated heterocycles. The maximum Gasteiger partial charge on any atom is 0.234 e. The molecule has 0 spiro atoms. The zero-order chi connectivity index (χ0) is 15.9. The SMILES string of the molecule is CCCc1nnc(SCC(=O)Nc2ccccc2I)n1CC.